The molecule has 0 spiro atoms. The maximum Gasteiger partial charge on any atom is 0.222 e. The van der Waals surface area contributed by atoms with Crippen LogP contribution in [0.1, 0.15) is 12.8 Å². The summed E-state index contributed by atoms with van der Waals surface area (Å²) in [6, 6.07) is 0. The van der Waals surface area contributed by atoms with Crippen molar-refractivity contribution in [2.45, 2.75) is 12.8 Å². The Bertz CT molecular complexity index is 265. The molecule has 6 heteroatoms. The van der Waals surface area contributed by atoms with Crippen LogP contribution in [-0.4, -0.2) is 42.4 Å². The Morgan fingerprint density at radius 3 is 3.20 bits per heavy atom. The molecule has 1 fully saturated rings. The molecule has 1 aliphatic rings. The average Bonchev–Trinajstić information content (AvgIpc) is 2.57. The van der Waals surface area contributed by atoms with Gasteiger partial charge in [-0.05, 0) is 29.9 Å². The van der Waals surface area contributed by atoms with Crippen LogP contribution in [-0.2, 0) is 4.79 Å². The van der Waals surface area contributed by atoms with E-state index in [1.807, 2.05) is 4.90 Å². The third kappa shape index (κ3) is 4.01. The van der Waals surface area contributed by atoms with Gasteiger partial charge in [0, 0.05) is 31.0 Å². The molecule has 0 bridgehead atoms. The molecule has 1 amide bonds. The molecule has 0 aromatic carbocycles. The zero-order valence-corrected chi connectivity index (χ0v) is 9.74. The highest BCUT2D eigenvalue weighted by atomic mass is 32.2. The van der Waals surface area contributed by atoms with Crippen LogP contribution in [0.2, 0.25) is 0 Å². The van der Waals surface area contributed by atoms with Gasteiger partial charge in [-0.2, -0.15) is 11.8 Å². The molecule has 0 saturated carbocycles. The minimum Gasteiger partial charge on any atom is -0.342 e. The van der Waals surface area contributed by atoms with Crippen LogP contribution < -0.4 is 0 Å². The summed E-state index contributed by atoms with van der Waals surface area (Å²) in [6.07, 6.45) is 3.65. The smallest absolute Gasteiger partial charge is 0.222 e. The molecule has 1 aliphatic heterocycles. The van der Waals surface area contributed by atoms with Crippen LogP contribution in [0.4, 0.5) is 0 Å². The molecule has 1 unspecified atom stereocenters. The molecule has 1 saturated heterocycles. The Balaban J connectivity index is 2.29. The lowest BCUT2D eigenvalue weighted by Gasteiger charge is -2.15. The number of thioether (sulfide) groups is 1. The maximum atomic E-state index is 11.5. The van der Waals surface area contributed by atoms with Crippen LogP contribution in [0.25, 0.3) is 10.4 Å². The third-order valence-corrected chi connectivity index (χ3v) is 3.17. The Kier molecular flexibility index (Phi) is 5.36. The molecule has 0 N–H and O–H groups in total. The summed E-state index contributed by atoms with van der Waals surface area (Å²) >= 11 is 1.80. The van der Waals surface area contributed by atoms with Gasteiger partial charge in [0.25, 0.3) is 0 Å². The second kappa shape index (κ2) is 6.58. The lowest BCUT2D eigenvalue weighted by molar-refractivity contribution is -0.127. The summed E-state index contributed by atoms with van der Waals surface area (Å²) in [5, 5.41) is 3.52. The first-order valence-corrected chi connectivity index (χ1v) is 6.45. The molecule has 0 aromatic heterocycles. The Morgan fingerprint density at radius 2 is 2.53 bits per heavy atom. The first-order valence-electron chi connectivity index (χ1n) is 5.05. The quantitative estimate of drug-likeness (QED) is 0.301. The van der Waals surface area contributed by atoms with Crippen molar-refractivity contribution in [1.82, 2.24) is 4.90 Å². The highest BCUT2D eigenvalue weighted by Gasteiger charge is 2.28. The van der Waals surface area contributed by atoms with Crippen LogP contribution in [0.3, 0.4) is 0 Å². The van der Waals surface area contributed by atoms with E-state index in [1.165, 1.54) is 0 Å². The fourth-order valence-corrected chi connectivity index (χ4v) is 2.16. The summed E-state index contributed by atoms with van der Waals surface area (Å²) in [4.78, 5) is 16.1. The summed E-state index contributed by atoms with van der Waals surface area (Å²) in [6.45, 7) is 2.04. The zero-order valence-electron chi connectivity index (χ0n) is 8.93. The molecule has 0 radical (unpaired) electrons. The van der Waals surface area contributed by atoms with E-state index < -0.39 is 0 Å². The largest absolute Gasteiger partial charge is 0.342 e. The molecule has 0 aromatic rings. The molecule has 1 atom stereocenters. The second-order valence-corrected chi connectivity index (χ2v) is 4.66. The van der Waals surface area contributed by atoms with E-state index in [1.54, 1.807) is 11.8 Å². The number of rotatable bonds is 6. The highest BCUT2D eigenvalue weighted by Crippen LogP contribution is 2.18. The van der Waals surface area contributed by atoms with E-state index in [4.69, 9.17) is 5.53 Å². The summed E-state index contributed by atoms with van der Waals surface area (Å²) in [7, 11) is 0. The van der Waals surface area contributed by atoms with Crippen LogP contribution in [0.15, 0.2) is 5.11 Å². The van der Waals surface area contributed by atoms with Crippen molar-refractivity contribution in [2.75, 3.05) is 31.6 Å². The first kappa shape index (κ1) is 12.2. The van der Waals surface area contributed by atoms with Gasteiger partial charge in [-0.15, -0.1) is 0 Å². The number of hydrogen-bond donors (Lipinski definition) is 0. The Morgan fingerprint density at radius 1 is 1.73 bits per heavy atom. The number of carbonyl (C=O) groups excluding carboxylic acids is 1. The van der Waals surface area contributed by atoms with Crippen LogP contribution >= 0.6 is 11.8 Å². The number of hydrogen-bond acceptors (Lipinski definition) is 3. The number of nitrogens with zero attached hydrogens (tertiary/aromatic N) is 4. The van der Waals surface area contributed by atoms with Crippen molar-refractivity contribution in [1.29, 1.82) is 0 Å². The van der Waals surface area contributed by atoms with E-state index in [0.717, 1.165) is 25.3 Å². The molecule has 84 valence electrons. The molecule has 0 aliphatic carbocycles. The van der Waals surface area contributed by atoms with Gasteiger partial charge in [0.1, 0.15) is 0 Å². The molecular formula is C9H16N4OS. The fourth-order valence-electron chi connectivity index (χ4n) is 1.74. The monoisotopic (exact) mass is 228 g/mol. The van der Waals surface area contributed by atoms with Gasteiger partial charge in [-0.25, -0.2) is 0 Å². The van der Waals surface area contributed by atoms with Crippen molar-refractivity contribution >= 4 is 17.7 Å². The van der Waals surface area contributed by atoms with Gasteiger partial charge in [-0.3, -0.25) is 4.79 Å². The minimum absolute atomic E-state index is 0.203. The van der Waals surface area contributed by atoms with E-state index in [-0.39, 0.29) is 11.8 Å². The first-order chi connectivity index (χ1) is 7.27. The number of azide groups is 1. The van der Waals surface area contributed by atoms with Crippen LogP contribution in [0.5, 0.6) is 0 Å². The summed E-state index contributed by atoms with van der Waals surface area (Å²) in [5.74, 6) is 1.52. The van der Waals surface area contributed by atoms with E-state index in [0.29, 0.717) is 13.0 Å². The summed E-state index contributed by atoms with van der Waals surface area (Å²) in [5.41, 5.74) is 8.19. The average molecular weight is 228 g/mol. The van der Waals surface area contributed by atoms with E-state index in [9.17, 15) is 4.79 Å². The van der Waals surface area contributed by atoms with Gasteiger partial charge < -0.3 is 4.90 Å². The predicted molar refractivity (Wildman–Crippen MR) is 61.7 cm³/mol. The molecule has 5 nitrogen and oxygen atoms in total. The minimum atomic E-state index is 0.203. The number of carbonyl (C=O) groups is 1. The van der Waals surface area contributed by atoms with Gasteiger partial charge in [-0.1, -0.05) is 5.11 Å². The Hall–Kier alpha value is -0.870. The second-order valence-electron chi connectivity index (χ2n) is 3.67. The van der Waals surface area contributed by atoms with E-state index in [2.05, 4.69) is 16.3 Å². The summed E-state index contributed by atoms with van der Waals surface area (Å²) < 4.78 is 0. The van der Waals surface area contributed by atoms with Gasteiger partial charge in [0.2, 0.25) is 5.91 Å². The molecule has 1 heterocycles. The van der Waals surface area contributed by atoms with E-state index >= 15 is 0 Å². The Labute approximate surface area is 93.8 Å². The third-order valence-electron chi connectivity index (χ3n) is 2.47. The molecule has 15 heavy (non-hydrogen) atoms. The lowest BCUT2D eigenvalue weighted by atomic mass is 10.1. The maximum absolute atomic E-state index is 11.5. The normalized spacial score (nSPS) is 20.5. The van der Waals surface area contributed by atoms with Gasteiger partial charge >= 0.3 is 0 Å². The SMILES string of the molecule is CSCCCN1CC(CN=[N+]=[N-])CC1=O. The lowest BCUT2D eigenvalue weighted by Crippen LogP contribution is -2.26. The number of likely N-dealkylation sites (tertiary alicyclic amines) is 1. The van der Waals surface area contributed by atoms with Crippen molar-refractivity contribution in [3.8, 4) is 0 Å². The molecular weight excluding hydrogens is 212 g/mol. The van der Waals surface area contributed by atoms with Crippen molar-refractivity contribution in [3.63, 3.8) is 0 Å². The standard InChI is InChI=1S/C9H16N4OS/c1-15-4-2-3-13-7-8(5-9(13)14)6-11-12-10/h8H,2-7H2,1H3. The predicted octanol–water partition coefficient (Wildman–Crippen LogP) is 1.90. The zero-order chi connectivity index (χ0) is 11.1. The number of amides is 1. The fraction of sp³-hybridized carbons (Fsp3) is 0.889. The van der Waals surface area contributed by atoms with Gasteiger partial charge in [0.05, 0.1) is 0 Å². The van der Waals surface area contributed by atoms with Crippen molar-refractivity contribution < 1.29 is 4.79 Å². The van der Waals surface area contributed by atoms with Crippen molar-refractivity contribution in [2.24, 2.45) is 11.0 Å². The molecule has 1 rings (SSSR count). The topological polar surface area (TPSA) is 69.1 Å². The van der Waals surface area contributed by atoms with Gasteiger partial charge in [0.15, 0.2) is 0 Å². The van der Waals surface area contributed by atoms with Crippen LogP contribution in [0, 0.1) is 5.92 Å². The van der Waals surface area contributed by atoms with Crippen molar-refractivity contribution in [3.05, 3.63) is 10.4 Å². The highest BCUT2D eigenvalue weighted by molar-refractivity contribution is 7.98.